The lowest BCUT2D eigenvalue weighted by Crippen LogP contribution is -2.28. The van der Waals surface area contributed by atoms with Crippen LogP contribution in [0.15, 0.2) is 12.1 Å². The van der Waals surface area contributed by atoms with Crippen molar-refractivity contribution in [1.29, 1.82) is 0 Å². The van der Waals surface area contributed by atoms with Gasteiger partial charge in [-0.3, -0.25) is 0 Å². The number of aliphatic hydroxyl groups is 1. The minimum atomic E-state index is -0.289. The highest BCUT2D eigenvalue weighted by molar-refractivity contribution is 5.48. The van der Waals surface area contributed by atoms with E-state index in [2.05, 4.69) is 31.3 Å². The Hall–Kier alpha value is -1.26. The molecular formula is C17H27NO3. The number of benzene rings is 1. The van der Waals surface area contributed by atoms with Crippen LogP contribution in [-0.2, 0) is 13.0 Å². The Bertz CT molecular complexity index is 473. The van der Waals surface area contributed by atoms with Crippen molar-refractivity contribution in [2.45, 2.75) is 65.3 Å². The number of fused-ring (bicyclic) bond motifs is 1. The Balaban J connectivity index is 2.08. The van der Waals surface area contributed by atoms with Gasteiger partial charge in [-0.15, -0.1) is 0 Å². The van der Waals surface area contributed by atoms with Gasteiger partial charge in [0.2, 0.25) is 0 Å². The zero-order valence-corrected chi connectivity index (χ0v) is 13.5. The quantitative estimate of drug-likeness (QED) is 0.811. The molecular weight excluding hydrogens is 266 g/mol. The van der Waals surface area contributed by atoms with Crippen LogP contribution < -0.4 is 14.8 Å². The van der Waals surface area contributed by atoms with E-state index in [0.29, 0.717) is 13.2 Å². The SMILES string of the molecule is CCOc1cc2c(cc1CNC(C)CC(C)O)OC(C)C2. The molecule has 0 saturated carbocycles. The summed E-state index contributed by atoms with van der Waals surface area (Å²) in [6.07, 6.45) is 1.64. The largest absolute Gasteiger partial charge is 0.494 e. The van der Waals surface area contributed by atoms with Gasteiger partial charge in [0, 0.05) is 30.1 Å². The van der Waals surface area contributed by atoms with E-state index >= 15 is 0 Å². The van der Waals surface area contributed by atoms with Crippen molar-refractivity contribution >= 4 is 0 Å². The number of aliphatic hydroxyl groups excluding tert-OH is 1. The summed E-state index contributed by atoms with van der Waals surface area (Å²) in [6.45, 7) is 9.36. The van der Waals surface area contributed by atoms with Gasteiger partial charge in [-0.05, 0) is 46.2 Å². The summed E-state index contributed by atoms with van der Waals surface area (Å²) >= 11 is 0. The summed E-state index contributed by atoms with van der Waals surface area (Å²) in [7, 11) is 0. The van der Waals surface area contributed by atoms with E-state index in [1.807, 2.05) is 13.8 Å². The number of ether oxygens (including phenoxy) is 2. The van der Waals surface area contributed by atoms with Crippen molar-refractivity contribution in [3.63, 3.8) is 0 Å². The average molecular weight is 293 g/mol. The molecule has 0 fully saturated rings. The van der Waals surface area contributed by atoms with E-state index in [-0.39, 0.29) is 18.2 Å². The second-order valence-electron chi connectivity index (χ2n) is 6.00. The molecule has 0 amide bonds. The van der Waals surface area contributed by atoms with E-state index in [1.54, 1.807) is 0 Å². The molecule has 1 heterocycles. The first-order valence-electron chi connectivity index (χ1n) is 7.86. The number of rotatable bonds is 7. The van der Waals surface area contributed by atoms with Gasteiger partial charge in [0.05, 0.1) is 12.7 Å². The zero-order valence-electron chi connectivity index (χ0n) is 13.5. The van der Waals surface area contributed by atoms with Gasteiger partial charge in [-0.2, -0.15) is 0 Å². The molecule has 0 bridgehead atoms. The number of hydrogen-bond acceptors (Lipinski definition) is 4. The molecule has 1 aliphatic heterocycles. The molecule has 0 spiro atoms. The minimum absolute atomic E-state index is 0.242. The van der Waals surface area contributed by atoms with Crippen LogP contribution in [0.4, 0.5) is 0 Å². The molecule has 118 valence electrons. The fraction of sp³-hybridized carbons (Fsp3) is 0.647. The lowest BCUT2D eigenvalue weighted by Gasteiger charge is -2.18. The first-order valence-corrected chi connectivity index (χ1v) is 7.86. The summed E-state index contributed by atoms with van der Waals surface area (Å²) in [5, 5.41) is 12.9. The van der Waals surface area contributed by atoms with Crippen molar-refractivity contribution in [2.24, 2.45) is 0 Å². The van der Waals surface area contributed by atoms with Crippen molar-refractivity contribution < 1.29 is 14.6 Å². The third-order valence-electron chi connectivity index (χ3n) is 3.71. The summed E-state index contributed by atoms with van der Waals surface area (Å²) in [5.74, 6) is 1.91. The lowest BCUT2D eigenvalue weighted by molar-refractivity contribution is 0.170. The molecule has 1 aromatic rings. The molecule has 3 unspecified atom stereocenters. The van der Waals surface area contributed by atoms with Crippen molar-refractivity contribution in [1.82, 2.24) is 5.32 Å². The van der Waals surface area contributed by atoms with Crippen LogP contribution in [0.5, 0.6) is 11.5 Å². The van der Waals surface area contributed by atoms with E-state index < -0.39 is 0 Å². The van der Waals surface area contributed by atoms with Crippen LogP contribution >= 0.6 is 0 Å². The second kappa shape index (κ2) is 7.14. The lowest BCUT2D eigenvalue weighted by atomic mass is 10.1. The third kappa shape index (κ3) is 4.35. The molecule has 1 aromatic carbocycles. The maximum atomic E-state index is 9.43. The van der Waals surface area contributed by atoms with Crippen LogP contribution in [0.3, 0.4) is 0 Å². The first kappa shape index (κ1) is 16.1. The van der Waals surface area contributed by atoms with Gasteiger partial charge >= 0.3 is 0 Å². The van der Waals surface area contributed by atoms with Gasteiger partial charge in [0.25, 0.3) is 0 Å². The normalized spacial score (nSPS) is 19.8. The molecule has 2 N–H and O–H groups in total. The summed E-state index contributed by atoms with van der Waals surface area (Å²) in [6, 6.07) is 4.46. The van der Waals surface area contributed by atoms with Crippen molar-refractivity contribution in [3.8, 4) is 11.5 Å². The molecule has 0 radical (unpaired) electrons. The standard InChI is InChI=1S/C17H27NO3/c1-5-20-16-8-14-7-13(4)21-17(14)9-15(16)10-18-11(2)6-12(3)19/h8-9,11-13,18-19H,5-7,10H2,1-4H3. The van der Waals surface area contributed by atoms with Crippen LogP contribution in [-0.4, -0.2) is 30.0 Å². The van der Waals surface area contributed by atoms with E-state index in [1.165, 1.54) is 5.56 Å². The van der Waals surface area contributed by atoms with Gasteiger partial charge in [0.1, 0.15) is 17.6 Å². The maximum absolute atomic E-state index is 9.43. The zero-order chi connectivity index (χ0) is 15.4. The maximum Gasteiger partial charge on any atom is 0.124 e. The summed E-state index contributed by atoms with van der Waals surface area (Å²) < 4.78 is 11.6. The van der Waals surface area contributed by atoms with E-state index in [4.69, 9.17) is 9.47 Å². The number of hydrogen-bond donors (Lipinski definition) is 2. The average Bonchev–Trinajstić information content (AvgIpc) is 2.74. The Labute approximate surface area is 127 Å². The van der Waals surface area contributed by atoms with Crippen LogP contribution in [0.25, 0.3) is 0 Å². The van der Waals surface area contributed by atoms with Gasteiger partial charge < -0.3 is 19.9 Å². The predicted octanol–water partition coefficient (Wildman–Crippen LogP) is 2.66. The molecule has 3 atom stereocenters. The highest BCUT2D eigenvalue weighted by atomic mass is 16.5. The highest BCUT2D eigenvalue weighted by Gasteiger charge is 2.22. The molecule has 0 aromatic heterocycles. The van der Waals surface area contributed by atoms with Crippen LogP contribution in [0.2, 0.25) is 0 Å². The predicted molar refractivity (Wildman–Crippen MR) is 84.0 cm³/mol. The van der Waals surface area contributed by atoms with Crippen molar-refractivity contribution in [2.75, 3.05) is 6.61 Å². The molecule has 0 saturated heterocycles. The summed E-state index contributed by atoms with van der Waals surface area (Å²) in [5.41, 5.74) is 2.34. The van der Waals surface area contributed by atoms with Crippen LogP contribution in [0, 0.1) is 0 Å². The molecule has 1 aliphatic rings. The topological polar surface area (TPSA) is 50.7 Å². The van der Waals surface area contributed by atoms with E-state index in [9.17, 15) is 5.11 Å². The highest BCUT2D eigenvalue weighted by Crippen LogP contribution is 2.35. The third-order valence-corrected chi connectivity index (χ3v) is 3.71. The molecule has 4 nitrogen and oxygen atoms in total. The Kier molecular flexibility index (Phi) is 5.48. The molecule has 21 heavy (non-hydrogen) atoms. The van der Waals surface area contributed by atoms with Crippen molar-refractivity contribution in [3.05, 3.63) is 23.3 Å². The van der Waals surface area contributed by atoms with E-state index in [0.717, 1.165) is 29.9 Å². The number of nitrogens with one attached hydrogen (secondary N) is 1. The fourth-order valence-electron chi connectivity index (χ4n) is 2.79. The molecule has 0 aliphatic carbocycles. The monoisotopic (exact) mass is 293 g/mol. The minimum Gasteiger partial charge on any atom is -0.494 e. The Morgan fingerprint density at radius 1 is 1.43 bits per heavy atom. The first-order chi connectivity index (χ1) is 9.99. The Morgan fingerprint density at radius 2 is 2.19 bits per heavy atom. The van der Waals surface area contributed by atoms with Gasteiger partial charge in [0.15, 0.2) is 0 Å². The smallest absolute Gasteiger partial charge is 0.124 e. The fourth-order valence-corrected chi connectivity index (χ4v) is 2.79. The second-order valence-corrected chi connectivity index (χ2v) is 6.00. The van der Waals surface area contributed by atoms with Gasteiger partial charge in [-0.1, -0.05) is 0 Å². The molecule has 4 heteroatoms. The van der Waals surface area contributed by atoms with Gasteiger partial charge in [-0.25, -0.2) is 0 Å². The van der Waals surface area contributed by atoms with Crippen LogP contribution in [0.1, 0.15) is 45.2 Å². The molecule has 2 rings (SSSR count). The summed E-state index contributed by atoms with van der Waals surface area (Å²) in [4.78, 5) is 0. The Morgan fingerprint density at radius 3 is 2.86 bits per heavy atom.